The van der Waals surface area contributed by atoms with Gasteiger partial charge in [-0.3, -0.25) is 14.3 Å². The number of aromatic nitrogens is 5. The molecule has 3 rings (SSSR count). The molecule has 0 saturated carbocycles. The maximum atomic E-state index is 12.1. The van der Waals surface area contributed by atoms with Crippen molar-refractivity contribution in [3.8, 4) is 0 Å². The van der Waals surface area contributed by atoms with E-state index in [0.29, 0.717) is 24.4 Å². The summed E-state index contributed by atoms with van der Waals surface area (Å²) in [6, 6.07) is 7.09. The van der Waals surface area contributed by atoms with Gasteiger partial charge in [-0.15, -0.1) is 5.10 Å². The van der Waals surface area contributed by atoms with Crippen LogP contribution in [0.4, 0.5) is 0 Å². The minimum Gasteiger partial charge on any atom is -0.349 e. The van der Waals surface area contributed by atoms with Gasteiger partial charge in [0.2, 0.25) is 0 Å². The third-order valence-corrected chi connectivity index (χ3v) is 3.72. The van der Waals surface area contributed by atoms with Crippen LogP contribution in [0.25, 0.3) is 5.65 Å². The Kier molecular flexibility index (Phi) is 3.96. The van der Waals surface area contributed by atoms with E-state index < -0.39 is 0 Å². The maximum Gasteiger partial charge on any atom is 0.350 e. The van der Waals surface area contributed by atoms with Gasteiger partial charge in [-0.25, -0.2) is 9.48 Å². The molecule has 0 aliphatic carbocycles. The molecule has 0 atom stereocenters. The van der Waals surface area contributed by atoms with E-state index in [0.717, 1.165) is 5.69 Å². The Morgan fingerprint density at radius 1 is 1.33 bits per heavy atom. The zero-order chi connectivity index (χ0) is 17.3. The van der Waals surface area contributed by atoms with Crippen LogP contribution in [0.3, 0.4) is 0 Å². The molecular formula is C16H20N6O2. The Balaban J connectivity index is 1.63. The standard InChI is InChI=1S/C16H20N6O2/c1-16(2,3)12-10-11(18-19-12)14(23)17-7-9-22-15(24)21-8-5-4-6-13(21)20-22/h4-6,8,10H,7,9H2,1-3H3,(H,17,23)(H,18,19). The van der Waals surface area contributed by atoms with E-state index in [9.17, 15) is 9.59 Å². The number of H-pyrrole nitrogens is 1. The highest BCUT2D eigenvalue weighted by atomic mass is 16.2. The number of hydrogen-bond donors (Lipinski definition) is 2. The van der Waals surface area contributed by atoms with Gasteiger partial charge in [-0.1, -0.05) is 26.8 Å². The number of hydrogen-bond acceptors (Lipinski definition) is 4. The van der Waals surface area contributed by atoms with E-state index in [-0.39, 0.29) is 17.0 Å². The van der Waals surface area contributed by atoms with Crippen molar-refractivity contribution < 1.29 is 4.79 Å². The number of aromatic amines is 1. The summed E-state index contributed by atoms with van der Waals surface area (Å²) in [6.07, 6.45) is 1.66. The van der Waals surface area contributed by atoms with Crippen LogP contribution in [-0.4, -0.2) is 36.8 Å². The van der Waals surface area contributed by atoms with E-state index in [2.05, 4.69) is 20.6 Å². The van der Waals surface area contributed by atoms with Crippen LogP contribution in [0.2, 0.25) is 0 Å². The van der Waals surface area contributed by atoms with Gasteiger partial charge in [0, 0.05) is 23.9 Å². The fourth-order valence-corrected chi connectivity index (χ4v) is 2.30. The first-order valence-electron chi connectivity index (χ1n) is 7.74. The summed E-state index contributed by atoms with van der Waals surface area (Å²) < 4.78 is 2.80. The Bertz CT molecular complexity index is 928. The van der Waals surface area contributed by atoms with Crippen molar-refractivity contribution in [2.45, 2.75) is 32.7 Å². The lowest BCUT2D eigenvalue weighted by Gasteiger charge is -2.14. The average molecular weight is 328 g/mol. The molecule has 8 nitrogen and oxygen atoms in total. The zero-order valence-corrected chi connectivity index (χ0v) is 13.9. The van der Waals surface area contributed by atoms with Gasteiger partial charge in [0.15, 0.2) is 5.65 Å². The van der Waals surface area contributed by atoms with Crippen molar-refractivity contribution in [3.63, 3.8) is 0 Å². The van der Waals surface area contributed by atoms with E-state index in [1.807, 2.05) is 26.8 Å². The quantitative estimate of drug-likeness (QED) is 0.745. The number of nitrogens with one attached hydrogen (secondary N) is 2. The highest BCUT2D eigenvalue weighted by Crippen LogP contribution is 2.20. The van der Waals surface area contributed by atoms with Gasteiger partial charge in [0.1, 0.15) is 5.69 Å². The first-order valence-corrected chi connectivity index (χ1v) is 7.74. The predicted molar refractivity (Wildman–Crippen MR) is 89.1 cm³/mol. The maximum absolute atomic E-state index is 12.1. The number of pyridine rings is 1. The molecule has 3 heterocycles. The first kappa shape index (κ1) is 16.0. The van der Waals surface area contributed by atoms with Crippen LogP contribution in [0.15, 0.2) is 35.3 Å². The molecule has 0 fully saturated rings. The van der Waals surface area contributed by atoms with Gasteiger partial charge < -0.3 is 5.32 Å². The Labute approximate surface area is 138 Å². The summed E-state index contributed by atoms with van der Waals surface area (Å²) in [7, 11) is 0. The molecule has 0 spiro atoms. The molecular weight excluding hydrogens is 308 g/mol. The number of rotatable bonds is 4. The molecule has 8 heteroatoms. The van der Waals surface area contributed by atoms with Crippen LogP contribution in [0, 0.1) is 0 Å². The molecule has 0 aromatic carbocycles. The Morgan fingerprint density at radius 3 is 2.79 bits per heavy atom. The second kappa shape index (κ2) is 5.95. The third kappa shape index (κ3) is 3.08. The van der Waals surface area contributed by atoms with E-state index in [1.54, 1.807) is 24.4 Å². The zero-order valence-electron chi connectivity index (χ0n) is 13.9. The van der Waals surface area contributed by atoms with Gasteiger partial charge in [0.25, 0.3) is 5.91 Å². The lowest BCUT2D eigenvalue weighted by Crippen LogP contribution is -2.31. The molecule has 0 aliphatic heterocycles. The second-order valence-corrected chi connectivity index (χ2v) is 6.61. The fourth-order valence-electron chi connectivity index (χ4n) is 2.30. The van der Waals surface area contributed by atoms with Gasteiger partial charge in [0.05, 0.1) is 6.54 Å². The number of carbonyl (C=O) groups is 1. The molecule has 1 amide bonds. The highest BCUT2D eigenvalue weighted by molar-refractivity contribution is 5.92. The third-order valence-electron chi connectivity index (χ3n) is 3.72. The molecule has 24 heavy (non-hydrogen) atoms. The summed E-state index contributed by atoms with van der Waals surface area (Å²) in [5, 5.41) is 13.9. The fraction of sp³-hybridized carbons (Fsp3) is 0.375. The van der Waals surface area contributed by atoms with Gasteiger partial charge >= 0.3 is 5.69 Å². The van der Waals surface area contributed by atoms with E-state index >= 15 is 0 Å². The SMILES string of the molecule is CC(C)(C)c1cc(C(=O)NCCn2nc3ccccn3c2=O)n[nH]1. The number of fused-ring (bicyclic) bond motifs is 1. The minimum atomic E-state index is -0.279. The number of nitrogens with zero attached hydrogens (tertiary/aromatic N) is 4. The van der Waals surface area contributed by atoms with Crippen molar-refractivity contribution in [1.29, 1.82) is 0 Å². The molecule has 3 aromatic rings. The smallest absolute Gasteiger partial charge is 0.349 e. The van der Waals surface area contributed by atoms with E-state index in [1.165, 1.54) is 9.08 Å². The van der Waals surface area contributed by atoms with Gasteiger partial charge in [-0.05, 0) is 18.2 Å². The Morgan fingerprint density at radius 2 is 2.12 bits per heavy atom. The summed E-state index contributed by atoms with van der Waals surface area (Å²) in [5.41, 5.74) is 1.48. The predicted octanol–water partition coefficient (Wildman–Crippen LogP) is 0.947. The summed E-state index contributed by atoms with van der Waals surface area (Å²) >= 11 is 0. The topological polar surface area (TPSA) is 97.1 Å². The summed E-state index contributed by atoms with van der Waals surface area (Å²) in [5.74, 6) is -0.279. The van der Waals surface area contributed by atoms with Crippen molar-refractivity contribution in [1.82, 2.24) is 29.7 Å². The van der Waals surface area contributed by atoms with Crippen LogP contribution in [0.1, 0.15) is 37.0 Å². The number of carbonyl (C=O) groups excluding carboxylic acids is 1. The first-order chi connectivity index (χ1) is 11.4. The van der Waals surface area contributed by atoms with Gasteiger partial charge in [-0.2, -0.15) is 5.10 Å². The molecule has 0 saturated heterocycles. The lowest BCUT2D eigenvalue weighted by molar-refractivity contribution is 0.0947. The van der Waals surface area contributed by atoms with Crippen LogP contribution >= 0.6 is 0 Å². The largest absolute Gasteiger partial charge is 0.350 e. The van der Waals surface area contributed by atoms with Crippen LogP contribution in [-0.2, 0) is 12.0 Å². The average Bonchev–Trinajstić information content (AvgIpc) is 3.14. The Hall–Kier alpha value is -2.90. The lowest BCUT2D eigenvalue weighted by atomic mass is 9.92. The molecule has 0 bridgehead atoms. The molecule has 126 valence electrons. The van der Waals surface area contributed by atoms with E-state index in [4.69, 9.17) is 0 Å². The van der Waals surface area contributed by atoms with Crippen LogP contribution < -0.4 is 11.0 Å². The normalized spacial score (nSPS) is 11.8. The number of amides is 1. The molecule has 0 radical (unpaired) electrons. The van der Waals surface area contributed by atoms with Crippen molar-refractivity contribution in [2.75, 3.05) is 6.54 Å². The molecule has 3 aromatic heterocycles. The molecule has 2 N–H and O–H groups in total. The molecule has 0 unspecified atom stereocenters. The summed E-state index contributed by atoms with van der Waals surface area (Å²) in [6.45, 7) is 6.71. The van der Waals surface area contributed by atoms with Crippen molar-refractivity contribution in [2.24, 2.45) is 0 Å². The monoisotopic (exact) mass is 328 g/mol. The molecule has 0 aliphatic rings. The van der Waals surface area contributed by atoms with Crippen molar-refractivity contribution in [3.05, 3.63) is 52.3 Å². The minimum absolute atomic E-state index is 0.102. The second-order valence-electron chi connectivity index (χ2n) is 6.61. The van der Waals surface area contributed by atoms with Crippen LogP contribution in [0.5, 0.6) is 0 Å². The highest BCUT2D eigenvalue weighted by Gasteiger charge is 2.19. The van der Waals surface area contributed by atoms with Crippen molar-refractivity contribution >= 4 is 11.6 Å². The summed E-state index contributed by atoms with van der Waals surface area (Å²) in [4.78, 5) is 24.2.